The lowest BCUT2D eigenvalue weighted by Crippen LogP contribution is -2.57. The molecule has 14 heteroatoms. The Morgan fingerprint density at radius 2 is 1.90 bits per heavy atom. The summed E-state index contributed by atoms with van der Waals surface area (Å²) in [7, 11) is 0. The van der Waals surface area contributed by atoms with Gasteiger partial charge in [-0.2, -0.15) is 0 Å². The van der Waals surface area contributed by atoms with E-state index in [1.165, 1.54) is 21.9 Å². The van der Waals surface area contributed by atoms with Gasteiger partial charge < -0.3 is 39.1 Å². The molecule has 2 N–H and O–H groups in total. The number of piperazine rings is 1. The molecular weight excluding hydrogens is 575 g/mol. The molecule has 3 aliphatic rings. The monoisotopic (exact) mass is 606 g/mol. The van der Waals surface area contributed by atoms with Crippen molar-refractivity contribution in [3.63, 3.8) is 0 Å². The first-order chi connectivity index (χ1) is 19.7. The molecule has 5 rings (SSSR count). The van der Waals surface area contributed by atoms with E-state index in [0.717, 1.165) is 6.07 Å². The van der Waals surface area contributed by atoms with Gasteiger partial charge in [0.25, 0.3) is 5.91 Å². The zero-order valence-electron chi connectivity index (χ0n) is 23.6. The Kier molecular flexibility index (Phi) is 7.84. The van der Waals surface area contributed by atoms with Crippen LogP contribution in [0.4, 0.5) is 19.8 Å². The molecule has 226 valence electrons. The molecule has 2 saturated heterocycles. The first-order valence-electron chi connectivity index (χ1n) is 13.5. The summed E-state index contributed by atoms with van der Waals surface area (Å²) in [5.74, 6) is -1.43. The molecule has 4 heterocycles. The molecule has 3 atom stereocenters. The average molecular weight is 607 g/mol. The Morgan fingerprint density at radius 3 is 2.55 bits per heavy atom. The standard InChI is InChI=1S/C28H32ClFN4O8/c1-14-10-16(35)12-34(14)24-20-23(40-13-15-11-32(26(37)38)8-9-33(15)25(20)36)21(29)22(31-24)19-17(30)6-5-7-18(19)41-27(39)42-28(2,3)4/h5-7,14-16,35H,8-13H2,1-4H3,(H,37,38)/t14-,15+,16-/m0/s1. The molecule has 0 radical (unpaired) electrons. The van der Waals surface area contributed by atoms with Crippen molar-refractivity contribution < 1.29 is 43.2 Å². The van der Waals surface area contributed by atoms with Crippen LogP contribution >= 0.6 is 11.6 Å². The lowest BCUT2D eigenvalue weighted by Gasteiger charge is -2.38. The summed E-state index contributed by atoms with van der Waals surface area (Å²) in [5, 5.41) is 19.7. The van der Waals surface area contributed by atoms with Gasteiger partial charge in [-0.15, -0.1) is 0 Å². The molecule has 3 aliphatic heterocycles. The lowest BCUT2D eigenvalue weighted by atomic mass is 10.0. The number of hydrogen-bond donors (Lipinski definition) is 2. The SMILES string of the molecule is C[C@H]1C[C@H](O)CN1c1nc(-c2c(F)cccc2OC(=O)OC(C)(C)C)c(Cl)c2c1C(=O)N1CCN(C(=O)O)C[C@@H]1CO2. The molecular formula is C28H32ClFN4O8. The van der Waals surface area contributed by atoms with Gasteiger partial charge in [0.15, 0.2) is 5.75 Å². The second-order valence-electron chi connectivity index (χ2n) is 11.6. The first kappa shape index (κ1) is 29.6. The van der Waals surface area contributed by atoms with Crippen molar-refractivity contribution >= 4 is 35.6 Å². The van der Waals surface area contributed by atoms with Gasteiger partial charge in [-0.25, -0.2) is 19.0 Å². The topological polar surface area (TPSA) is 142 Å². The van der Waals surface area contributed by atoms with Crippen LogP contribution in [0.1, 0.15) is 44.5 Å². The minimum absolute atomic E-state index is 0.0296. The Morgan fingerprint density at radius 1 is 1.17 bits per heavy atom. The molecule has 1 aromatic heterocycles. The van der Waals surface area contributed by atoms with E-state index in [-0.39, 0.29) is 78.0 Å². The van der Waals surface area contributed by atoms with Crippen molar-refractivity contribution in [2.24, 2.45) is 0 Å². The minimum atomic E-state index is -1.11. The summed E-state index contributed by atoms with van der Waals surface area (Å²) in [6.45, 7) is 7.14. The molecule has 12 nitrogen and oxygen atoms in total. The zero-order valence-corrected chi connectivity index (χ0v) is 24.4. The highest BCUT2D eigenvalue weighted by molar-refractivity contribution is 6.35. The minimum Gasteiger partial charge on any atom is -0.489 e. The molecule has 0 bridgehead atoms. The molecule has 0 spiro atoms. The number of hydrogen-bond acceptors (Lipinski definition) is 9. The quantitative estimate of drug-likeness (QED) is 0.389. The molecule has 0 unspecified atom stereocenters. The number of benzene rings is 1. The Bertz CT molecular complexity index is 1430. The van der Waals surface area contributed by atoms with Gasteiger partial charge >= 0.3 is 12.2 Å². The molecule has 42 heavy (non-hydrogen) atoms. The van der Waals surface area contributed by atoms with Gasteiger partial charge in [0, 0.05) is 32.2 Å². The van der Waals surface area contributed by atoms with E-state index >= 15 is 4.39 Å². The number of anilines is 1. The number of aliphatic hydroxyl groups is 1. The molecule has 2 fully saturated rings. The predicted molar refractivity (Wildman–Crippen MR) is 149 cm³/mol. The number of nitrogens with zero attached hydrogens (tertiary/aromatic N) is 4. The van der Waals surface area contributed by atoms with E-state index in [0.29, 0.717) is 6.42 Å². The third kappa shape index (κ3) is 5.62. The third-order valence-electron chi connectivity index (χ3n) is 7.34. The Labute approximate surface area is 246 Å². The first-order valence-corrected chi connectivity index (χ1v) is 13.9. The van der Waals surface area contributed by atoms with Crippen molar-refractivity contribution in [2.75, 3.05) is 37.7 Å². The van der Waals surface area contributed by atoms with E-state index in [4.69, 9.17) is 25.8 Å². The van der Waals surface area contributed by atoms with Gasteiger partial charge in [0.2, 0.25) is 0 Å². The van der Waals surface area contributed by atoms with E-state index < -0.39 is 41.7 Å². The van der Waals surface area contributed by atoms with Gasteiger partial charge in [0.05, 0.1) is 17.7 Å². The summed E-state index contributed by atoms with van der Waals surface area (Å²) in [6.07, 6.45) is -2.48. The highest BCUT2D eigenvalue weighted by Gasteiger charge is 2.43. The maximum atomic E-state index is 15.5. The van der Waals surface area contributed by atoms with E-state index in [9.17, 15) is 24.6 Å². The number of ether oxygens (including phenoxy) is 3. The lowest BCUT2D eigenvalue weighted by molar-refractivity contribution is 0.0206. The predicted octanol–water partition coefficient (Wildman–Crippen LogP) is 4.01. The van der Waals surface area contributed by atoms with Gasteiger partial charge in [-0.05, 0) is 46.2 Å². The normalized spacial score (nSPS) is 22.2. The van der Waals surface area contributed by atoms with Crippen LogP contribution < -0.4 is 14.4 Å². The molecule has 0 saturated carbocycles. The number of rotatable bonds is 3. The highest BCUT2D eigenvalue weighted by atomic mass is 35.5. The number of halogens is 2. The molecule has 0 aliphatic carbocycles. The Balaban J connectivity index is 1.66. The maximum Gasteiger partial charge on any atom is 0.514 e. The number of pyridine rings is 1. The summed E-state index contributed by atoms with van der Waals surface area (Å²) >= 11 is 6.84. The second kappa shape index (κ2) is 11.1. The van der Waals surface area contributed by atoms with Crippen LogP contribution in [0.25, 0.3) is 11.3 Å². The molecule has 2 amide bonds. The van der Waals surface area contributed by atoms with Crippen molar-refractivity contribution in [3.8, 4) is 22.8 Å². The van der Waals surface area contributed by atoms with Crippen molar-refractivity contribution in [3.05, 3.63) is 34.6 Å². The zero-order chi connectivity index (χ0) is 30.5. The van der Waals surface area contributed by atoms with Crippen LogP contribution in [0.15, 0.2) is 18.2 Å². The van der Waals surface area contributed by atoms with E-state index in [1.54, 1.807) is 25.7 Å². The van der Waals surface area contributed by atoms with Crippen molar-refractivity contribution in [1.29, 1.82) is 0 Å². The number of carbonyl (C=O) groups is 3. The van der Waals surface area contributed by atoms with Gasteiger partial charge in [-0.1, -0.05) is 17.7 Å². The smallest absolute Gasteiger partial charge is 0.489 e. The number of carboxylic acid groups (broad SMARTS) is 1. The highest BCUT2D eigenvalue weighted by Crippen LogP contribution is 2.47. The van der Waals surface area contributed by atoms with E-state index in [1.807, 2.05) is 6.92 Å². The fourth-order valence-electron chi connectivity index (χ4n) is 5.47. The van der Waals surface area contributed by atoms with Gasteiger partial charge in [0.1, 0.15) is 45.9 Å². The summed E-state index contributed by atoms with van der Waals surface area (Å²) in [6, 6.07) is 3.00. The maximum absolute atomic E-state index is 15.5. The number of β-amino-alcohol motifs (C(OH)–C–C–N with tert-alkyl or cyclic N) is 1. The van der Waals surface area contributed by atoms with Crippen LogP contribution in [0.2, 0.25) is 5.02 Å². The van der Waals surface area contributed by atoms with Crippen molar-refractivity contribution in [2.45, 2.75) is 57.9 Å². The Hall–Kier alpha value is -3.84. The molecule has 1 aromatic carbocycles. The van der Waals surface area contributed by atoms with Crippen LogP contribution in [-0.4, -0.2) is 99.7 Å². The van der Waals surface area contributed by atoms with Gasteiger partial charge in [-0.3, -0.25) is 4.79 Å². The summed E-state index contributed by atoms with van der Waals surface area (Å²) < 4.78 is 32.3. The number of carbonyl (C=O) groups excluding carboxylic acids is 2. The fraction of sp³-hybridized carbons (Fsp3) is 0.500. The number of amides is 2. The van der Waals surface area contributed by atoms with E-state index in [2.05, 4.69) is 4.98 Å². The summed E-state index contributed by atoms with van der Waals surface area (Å²) in [5.41, 5.74) is -1.24. The largest absolute Gasteiger partial charge is 0.514 e. The molecule has 2 aromatic rings. The van der Waals surface area contributed by atoms with Crippen LogP contribution in [0, 0.1) is 5.82 Å². The van der Waals surface area contributed by atoms with Crippen LogP contribution in [-0.2, 0) is 4.74 Å². The van der Waals surface area contributed by atoms with Crippen molar-refractivity contribution in [1.82, 2.24) is 14.8 Å². The number of aromatic nitrogens is 1. The number of fused-ring (bicyclic) bond motifs is 2. The van der Waals surface area contributed by atoms with Crippen LogP contribution in [0.5, 0.6) is 11.5 Å². The average Bonchev–Trinajstić information content (AvgIpc) is 3.15. The summed E-state index contributed by atoms with van der Waals surface area (Å²) in [4.78, 5) is 47.4. The third-order valence-corrected chi connectivity index (χ3v) is 7.69. The van der Waals surface area contributed by atoms with Crippen LogP contribution in [0.3, 0.4) is 0 Å². The fourth-order valence-corrected chi connectivity index (χ4v) is 5.76. The number of aliphatic hydroxyl groups excluding tert-OH is 1. The second-order valence-corrected chi connectivity index (χ2v) is 11.9.